The van der Waals surface area contributed by atoms with Crippen LogP contribution in [0.25, 0.3) is 0 Å². The zero-order chi connectivity index (χ0) is 16.4. The Labute approximate surface area is 124 Å². The summed E-state index contributed by atoms with van der Waals surface area (Å²) >= 11 is 0. The van der Waals surface area contributed by atoms with Crippen molar-refractivity contribution in [3.05, 3.63) is 0 Å². The van der Waals surface area contributed by atoms with Crippen molar-refractivity contribution in [3.63, 3.8) is 0 Å². The van der Waals surface area contributed by atoms with Crippen LogP contribution < -0.4 is 16.0 Å². The number of carboxylic acids is 1. The molecule has 0 radical (unpaired) electrons. The molecular weight excluding hydrogens is 278 g/mol. The Morgan fingerprint density at radius 1 is 1.14 bits per heavy atom. The largest absolute Gasteiger partial charge is 0.480 e. The Morgan fingerprint density at radius 2 is 1.76 bits per heavy atom. The van der Waals surface area contributed by atoms with Gasteiger partial charge in [-0.1, -0.05) is 13.8 Å². The molecule has 0 aromatic heterocycles. The fourth-order valence-corrected chi connectivity index (χ4v) is 1.58. The van der Waals surface area contributed by atoms with E-state index in [1.807, 2.05) is 13.8 Å². The summed E-state index contributed by atoms with van der Waals surface area (Å²) in [6.07, 6.45) is 0.317. The number of methoxy groups -OCH3 is 1. The lowest BCUT2D eigenvalue weighted by Crippen LogP contribution is -2.52. The van der Waals surface area contributed by atoms with Gasteiger partial charge in [-0.2, -0.15) is 0 Å². The second kappa shape index (κ2) is 9.98. The summed E-state index contributed by atoms with van der Waals surface area (Å²) in [5.74, 6) is -1.34. The van der Waals surface area contributed by atoms with Crippen molar-refractivity contribution in [1.29, 1.82) is 0 Å². The van der Waals surface area contributed by atoms with Gasteiger partial charge in [0.25, 0.3) is 0 Å². The van der Waals surface area contributed by atoms with E-state index in [-0.39, 0.29) is 11.8 Å². The van der Waals surface area contributed by atoms with Crippen molar-refractivity contribution < 1.29 is 24.2 Å². The fourth-order valence-electron chi connectivity index (χ4n) is 1.58. The Bertz CT molecular complexity index is 360. The molecule has 3 amide bonds. The number of carbonyl (C=O) groups excluding carboxylic acids is 2. The summed E-state index contributed by atoms with van der Waals surface area (Å²) in [6.45, 7) is 5.96. The highest BCUT2D eigenvalue weighted by atomic mass is 16.5. The highest BCUT2D eigenvalue weighted by Crippen LogP contribution is 2.04. The van der Waals surface area contributed by atoms with E-state index in [0.29, 0.717) is 19.6 Å². The number of ether oxygens (including phenoxy) is 1. The molecule has 0 aromatic carbocycles. The predicted molar refractivity (Wildman–Crippen MR) is 76.9 cm³/mol. The number of hydrogen-bond acceptors (Lipinski definition) is 4. The highest BCUT2D eigenvalue weighted by molar-refractivity contribution is 5.88. The van der Waals surface area contributed by atoms with Crippen molar-refractivity contribution >= 4 is 17.9 Å². The van der Waals surface area contributed by atoms with E-state index in [1.54, 1.807) is 0 Å². The molecule has 0 aliphatic carbocycles. The van der Waals surface area contributed by atoms with Crippen molar-refractivity contribution in [3.8, 4) is 0 Å². The number of hydrogen-bond donors (Lipinski definition) is 4. The molecule has 0 rings (SSSR count). The third kappa shape index (κ3) is 8.85. The van der Waals surface area contributed by atoms with Gasteiger partial charge in [-0.05, 0) is 19.3 Å². The maximum absolute atomic E-state index is 11.7. The van der Waals surface area contributed by atoms with Crippen LogP contribution >= 0.6 is 0 Å². The van der Waals surface area contributed by atoms with Crippen molar-refractivity contribution in [1.82, 2.24) is 16.0 Å². The smallest absolute Gasteiger partial charge is 0.326 e. The first-order chi connectivity index (χ1) is 9.77. The summed E-state index contributed by atoms with van der Waals surface area (Å²) in [5, 5.41) is 16.3. The molecule has 21 heavy (non-hydrogen) atoms. The normalized spacial score (nSPS) is 13.4. The van der Waals surface area contributed by atoms with Crippen LogP contribution in [0.1, 0.15) is 27.2 Å². The number of rotatable bonds is 9. The van der Waals surface area contributed by atoms with Crippen molar-refractivity contribution in [2.45, 2.75) is 39.3 Å². The van der Waals surface area contributed by atoms with E-state index in [1.165, 1.54) is 14.0 Å². The van der Waals surface area contributed by atoms with E-state index in [9.17, 15) is 14.4 Å². The molecule has 0 heterocycles. The predicted octanol–water partition coefficient (Wildman–Crippen LogP) is -0.0640. The standard InChI is InChI=1S/C13H25N3O5/c1-8(2)7-10(12(18)19)16-13(20)15-9(3)11(17)14-5-6-21-4/h8-10H,5-7H2,1-4H3,(H,14,17)(H,18,19)(H2,15,16,20)/t9?,10-/m1/s1. The first-order valence-corrected chi connectivity index (χ1v) is 6.84. The lowest BCUT2D eigenvalue weighted by molar-refractivity contribution is -0.139. The van der Waals surface area contributed by atoms with Gasteiger partial charge in [0.1, 0.15) is 12.1 Å². The first kappa shape index (κ1) is 19.2. The molecule has 0 fully saturated rings. The van der Waals surface area contributed by atoms with Gasteiger partial charge in [0.15, 0.2) is 0 Å². The van der Waals surface area contributed by atoms with E-state index < -0.39 is 24.1 Å². The molecule has 1 unspecified atom stereocenters. The molecule has 122 valence electrons. The summed E-state index contributed by atoms with van der Waals surface area (Å²) < 4.78 is 4.79. The monoisotopic (exact) mass is 303 g/mol. The highest BCUT2D eigenvalue weighted by Gasteiger charge is 2.22. The van der Waals surface area contributed by atoms with Gasteiger partial charge in [0.05, 0.1) is 6.61 Å². The molecule has 8 nitrogen and oxygen atoms in total. The lowest BCUT2D eigenvalue weighted by atomic mass is 10.0. The van der Waals surface area contributed by atoms with Gasteiger partial charge in [-0.3, -0.25) is 4.79 Å². The molecule has 0 aromatic rings. The zero-order valence-corrected chi connectivity index (χ0v) is 12.9. The van der Waals surface area contributed by atoms with Gasteiger partial charge < -0.3 is 25.8 Å². The topological polar surface area (TPSA) is 117 Å². The van der Waals surface area contributed by atoms with Crippen LogP contribution in [0.4, 0.5) is 4.79 Å². The number of amides is 3. The number of aliphatic carboxylic acids is 1. The molecule has 2 atom stereocenters. The Morgan fingerprint density at radius 3 is 2.24 bits per heavy atom. The maximum Gasteiger partial charge on any atom is 0.326 e. The fraction of sp³-hybridized carbons (Fsp3) is 0.769. The van der Waals surface area contributed by atoms with Crippen LogP contribution in [-0.4, -0.2) is 55.4 Å². The third-order valence-electron chi connectivity index (χ3n) is 2.66. The molecule has 8 heteroatoms. The minimum absolute atomic E-state index is 0.126. The van der Waals surface area contributed by atoms with Crippen molar-refractivity contribution in [2.24, 2.45) is 5.92 Å². The van der Waals surface area contributed by atoms with Gasteiger partial charge in [-0.15, -0.1) is 0 Å². The number of nitrogens with one attached hydrogen (secondary N) is 3. The molecule has 0 aliphatic heterocycles. The minimum atomic E-state index is -1.10. The van der Waals surface area contributed by atoms with Crippen LogP contribution in [-0.2, 0) is 14.3 Å². The average Bonchev–Trinajstić information content (AvgIpc) is 2.37. The number of urea groups is 1. The van der Waals surface area contributed by atoms with Crippen LogP contribution in [0.2, 0.25) is 0 Å². The Hall–Kier alpha value is -1.83. The van der Waals surface area contributed by atoms with Crippen LogP contribution in [0, 0.1) is 5.92 Å². The SMILES string of the molecule is COCCNC(=O)C(C)NC(=O)N[C@H](CC(C)C)C(=O)O. The van der Waals surface area contributed by atoms with Crippen LogP contribution in [0.3, 0.4) is 0 Å². The van der Waals surface area contributed by atoms with E-state index >= 15 is 0 Å². The summed E-state index contributed by atoms with van der Waals surface area (Å²) in [6, 6.07) is -2.43. The molecule has 0 saturated heterocycles. The summed E-state index contributed by atoms with van der Waals surface area (Å²) in [4.78, 5) is 34.3. The maximum atomic E-state index is 11.7. The van der Waals surface area contributed by atoms with Crippen LogP contribution in [0.5, 0.6) is 0 Å². The van der Waals surface area contributed by atoms with Crippen molar-refractivity contribution in [2.75, 3.05) is 20.3 Å². The number of carbonyl (C=O) groups is 3. The molecule has 4 N–H and O–H groups in total. The Balaban J connectivity index is 4.26. The van der Waals surface area contributed by atoms with E-state index in [4.69, 9.17) is 9.84 Å². The second-order valence-corrected chi connectivity index (χ2v) is 5.14. The zero-order valence-electron chi connectivity index (χ0n) is 12.9. The molecule has 0 bridgehead atoms. The van der Waals surface area contributed by atoms with E-state index in [0.717, 1.165) is 0 Å². The average molecular weight is 303 g/mol. The molecule has 0 aliphatic rings. The van der Waals surface area contributed by atoms with Gasteiger partial charge in [-0.25, -0.2) is 9.59 Å². The first-order valence-electron chi connectivity index (χ1n) is 6.84. The van der Waals surface area contributed by atoms with Crippen LogP contribution in [0.15, 0.2) is 0 Å². The van der Waals surface area contributed by atoms with E-state index in [2.05, 4.69) is 16.0 Å². The minimum Gasteiger partial charge on any atom is -0.480 e. The molecular formula is C13H25N3O5. The quantitative estimate of drug-likeness (QED) is 0.445. The molecule has 0 saturated carbocycles. The second-order valence-electron chi connectivity index (χ2n) is 5.14. The van der Waals surface area contributed by atoms with Gasteiger partial charge >= 0.3 is 12.0 Å². The lowest BCUT2D eigenvalue weighted by Gasteiger charge is -2.19. The summed E-state index contributed by atoms with van der Waals surface area (Å²) in [5.41, 5.74) is 0. The third-order valence-corrected chi connectivity index (χ3v) is 2.66. The summed E-state index contributed by atoms with van der Waals surface area (Å²) in [7, 11) is 1.52. The number of carboxylic acid groups (broad SMARTS) is 1. The molecule has 0 spiro atoms. The Kier molecular flexibility index (Phi) is 9.11. The van der Waals surface area contributed by atoms with Gasteiger partial charge in [0.2, 0.25) is 5.91 Å². The van der Waals surface area contributed by atoms with Gasteiger partial charge in [0, 0.05) is 13.7 Å².